The normalized spacial score (nSPS) is 15.2. The van der Waals surface area contributed by atoms with E-state index in [1.54, 1.807) is 13.0 Å². The van der Waals surface area contributed by atoms with Gasteiger partial charge in [-0.05, 0) is 23.8 Å². The first kappa shape index (κ1) is 11.6. The van der Waals surface area contributed by atoms with Gasteiger partial charge < -0.3 is 10.8 Å². The molecule has 3 N–H and O–H groups in total. The first-order valence-electron chi connectivity index (χ1n) is 4.29. The number of aliphatic hydroxyl groups excluding tert-OH is 1. The molecule has 78 valence electrons. The Labute approximate surface area is 91.1 Å². The standard InChI is InChI=1S/C10H13BrFNO/c1-10(5-13,6-14)7-2-8(11)4-9(12)3-7/h2-4,14H,5-6,13H2,1H3. The lowest BCUT2D eigenvalue weighted by atomic mass is 9.83. The van der Waals surface area contributed by atoms with Gasteiger partial charge in [-0.25, -0.2) is 4.39 Å². The second kappa shape index (κ2) is 4.38. The second-order valence-electron chi connectivity index (χ2n) is 3.58. The van der Waals surface area contributed by atoms with Gasteiger partial charge >= 0.3 is 0 Å². The number of hydrogen-bond donors (Lipinski definition) is 2. The molecule has 0 heterocycles. The number of nitrogens with two attached hydrogens (primary N) is 1. The maximum atomic E-state index is 13.1. The topological polar surface area (TPSA) is 46.2 Å². The van der Waals surface area contributed by atoms with Crippen LogP contribution in [-0.2, 0) is 5.41 Å². The van der Waals surface area contributed by atoms with Crippen LogP contribution in [0.15, 0.2) is 22.7 Å². The van der Waals surface area contributed by atoms with Crippen LogP contribution in [0.4, 0.5) is 4.39 Å². The molecule has 0 aromatic heterocycles. The summed E-state index contributed by atoms with van der Waals surface area (Å²) < 4.78 is 13.7. The maximum Gasteiger partial charge on any atom is 0.124 e. The molecule has 0 spiro atoms. The molecule has 1 unspecified atom stereocenters. The molecule has 1 aromatic carbocycles. The molecule has 0 fully saturated rings. The SMILES string of the molecule is CC(CN)(CO)c1cc(F)cc(Br)c1. The number of aliphatic hydroxyl groups is 1. The molecule has 2 nitrogen and oxygen atoms in total. The van der Waals surface area contributed by atoms with Crippen molar-refractivity contribution in [1.82, 2.24) is 0 Å². The molecule has 0 bridgehead atoms. The summed E-state index contributed by atoms with van der Waals surface area (Å²) in [5, 5.41) is 9.20. The van der Waals surface area contributed by atoms with E-state index in [0.29, 0.717) is 10.0 Å². The van der Waals surface area contributed by atoms with Crippen LogP contribution >= 0.6 is 15.9 Å². The van der Waals surface area contributed by atoms with Gasteiger partial charge in [-0.15, -0.1) is 0 Å². The van der Waals surface area contributed by atoms with Crippen molar-refractivity contribution >= 4 is 15.9 Å². The lowest BCUT2D eigenvalue weighted by molar-refractivity contribution is 0.210. The van der Waals surface area contributed by atoms with Gasteiger partial charge in [0.25, 0.3) is 0 Å². The van der Waals surface area contributed by atoms with Crippen molar-refractivity contribution in [3.05, 3.63) is 34.1 Å². The molecule has 1 aromatic rings. The van der Waals surface area contributed by atoms with Gasteiger partial charge in [0, 0.05) is 16.4 Å². The highest BCUT2D eigenvalue weighted by Crippen LogP contribution is 2.26. The zero-order valence-corrected chi connectivity index (χ0v) is 9.51. The van der Waals surface area contributed by atoms with E-state index in [1.807, 2.05) is 0 Å². The van der Waals surface area contributed by atoms with Crippen LogP contribution < -0.4 is 5.73 Å². The summed E-state index contributed by atoms with van der Waals surface area (Å²) in [5.74, 6) is -0.331. The molecular weight excluding hydrogens is 249 g/mol. The molecule has 4 heteroatoms. The molecule has 0 aliphatic heterocycles. The van der Waals surface area contributed by atoms with Crippen LogP contribution in [0.5, 0.6) is 0 Å². The van der Waals surface area contributed by atoms with Crippen LogP contribution in [0.3, 0.4) is 0 Å². The predicted octanol–water partition coefficient (Wildman–Crippen LogP) is 1.80. The Morgan fingerprint density at radius 1 is 1.50 bits per heavy atom. The number of benzene rings is 1. The first-order chi connectivity index (χ1) is 6.51. The smallest absolute Gasteiger partial charge is 0.124 e. The van der Waals surface area contributed by atoms with Crippen molar-refractivity contribution in [2.45, 2.75) is 12.3 Å². The lowest BCUT2D eigenvalue weighted by Gasteiger charge is -2.26. The van der Waals surface area contributed by atoms with Gasteiger partial charge in [0.2, 0.25) is 0 Å². The second-order valence-corrected chi connectivity index (χ2v) is 4.50. The van der Waals surface area contributed by atoms with E-state index in [4.69, 9.17) is 5.73 Å². The van der Waals surface area contributed by atoms with E-state index in [1.165, 1.54) is 12.1 Å². The summed E-state index contributed by atoms with van der Waals surface area (Å²) >= 11 is 3.20. The van der Waals surface area contributed by atoms with E-state index < -0.39 is 5.41 Å². The molecular formula is C10H13BrFNO. The highest BCUT2D eigenvalue weighted by molar-refractivity contribution is 9.10. The quantitative estimate of drug-likeness (QED) is 0.872. The molecule has 14 heavy (non-hydrogen) atoms. The molecule has 0 saturated heterocycles. The minimum absolute atomic E-state index is 0.0978. The third-order valence-corrected chi connectivity index (χ3v) is 2.82. The summed E-state index contributed by atoms with van der Waals surface area (Å²) in [7, 11) is 0. The summed E-state index contributed by atoms with van der Waals surface area (Å²) in [4.78, 5) is 0. The molecule has 0 radical (unpaired) electrons. The summed E-state index contributed by atoms with van der Waals surface area (Å²) in [5.41, 5.74) is 5.68. The molecule has 0 saturated carbocycles. The third kappa shape index (κ3) is 2.32. The largest absolute Gasteiger partial charge is 0.395 e. The summed E-state index contributed by atoms with van der Waals surface area (Å²) in [6, 6.07) is 4.54. The Balaban J connectivity index is 3.17. The zero-order valence-electron chi connectivity index (χ0n) is 7.93. The van der Waals surface area contributed by atoms with Gasteiger partial charge in [0.15, 0.2) is 0 Å². The zero-order chi connectivity index (χ0) is 10.8. The average Bonchev–Trinajstić information content (AvgIpc) is 2.15. The van der Waals surface area contributed by atoms with Gasteiger partial charge in [0.05, 0.1) is 6.61 Å². The van der Waals surface area contributed by atoms with E-state index in [-0.39, 0.29) is 19.0 Å². The summed E-state index contributed by atoms with van der Waals surface area (Å²) in [6.07, 6.45) is 0. The molecule has 1 rings (SSSR count). The van der Waals surface area contributed by atoms with Gasteiger partial charge in [-0.1, -0.05) is 22.9 Å². The van der Waals surface area contributed by atoms with Gasteiger partial charge in [-0.2, -0.15) is 0 Å². The van der Waals surface area contributed by atoms with Crippen LogP contribution in [0.25, 0.3) is 0 Å². The average molecular weight is 262 g/mol. The fourth-order valence-corrected chi connectivity index (χ4v) is 1.64. The van der Waals surface area contributed by atoms with Crippen molar-refractivity contribution < 1.29 is 9.50 Å². The molecule has 1 atom stereocenters. The minimum atomic E-state index is -0.579. The van der Waals surface area contributed by atoms with E-state index >= 15 is 0 Å². The monoisotopic (exact) mass is 261 g/mol. The van der Waals surface area contributed by atoms with Crippen molar-refractivity contribution in [1.29, 1.82) is 0 Å². The Morgan fingerprint density at radius 2 is 2.14 bits per heavy atom. The van der Waals surface area contributed by atoms with Crippen LogP contribution in [-0.4, -0.2) is 18.3 Å². The molecule has 0 aliphatic rings. The van der Waals surface area contributed by atoms with Crippen molar-refractivity contribution in [2.24, 2.45) is 5.73 Å². The molecule has 0 amide bonds. The fourth-order valence-electron chi connectivity index (χ4n) is 1.18. The molecule has 0 aliphatic carbocycles. The van der Waals surface area contributed by atoms with Gasteiger partial charge in [-0.3, -0.25) is 0 Å². The highest BCUT2D eigenvalue weighted by Gasteiger charge is 2.24. The Bertz CT molecular complexity index is 306. The Kier molecular flexibility index (Phi) is 3.64. The minimum Gasteiger partial charge on any atom is -0.395 e. The van der Waals surface area contributed by atoms with Crippen LogP contribution in [0, 0.1) is 5.82 Å². The summed E-state index contributed by atoms with van der Waals surface area (Å²) in [6.45, 7) is 1.98. The van der Waals surface area contributed by atoms with Crippen molar-refractivity contribution in [2.75, 3.05) is 13.2 Å². The highest BCUT2D eigenvalue weighted by atomic mass is 79.9. The van der Waals surface area contributed by atoms with E-state index in [0.717, 1.165) is 0 Å². The van der Waals surface area contributed by atoms with Crippen molar-refractivity contribution in [3.63, 3.8) is 0 Å². The fraction of sp³-hybridized carbons (Fsp3) is 0.400. The van der Waals surface area contributed by atoms with Crippen LogP contribution in [0.1, 0.15) is 12.5 Å². The number of rotatable bonds is 3. The van der Waals surface area contributed by atoms with E-state index in [9.17, 15) is 9.50 Å². The number of hydrogen-bond acceptors (Lipinski definition) is 2. The van der Waals surface area contributed by atoms with Crippen molar-refractivity contribution in [3.8, 4) is 0 Å². The lowest BCUT2D eigenvalue weighted by Crippen LogP contribution is -2.35. The maximum absolute atomic E-state index is 13.1. The first-order valence-corrected chi connectivity index (χ1v) is 5.08. The van der Waals surface area contributed by atoms with Crippen LogP contribution in [0.2, 0.25) is 0 Å². The Morgan fingerprint density at radius 3 is 2.57 bits per heavy atom. The Hall–Kier alpha value is -0.450. The number of halogens is 2. The van der Waals surface area contributed by atoms with E-state index in [2.05, 4.69) is 15.9 Å². The predicted molar refractivity (Wildman–Crippen MR) is 57.6 cm³/mol. The van der Waals surface area contributed by atoms with Gasteiger partial charge in [0.1, 0.15) is 5.82 Å². The third-order valence-electron chi connectivity index (χ3n) is 2.36.